The summed E-state index contributed by atoms with van der Waals surface area (Å²) in [5, 5.41) is 0. The van der Waals surface area contributed by atoms with Crippen molar-refractivity contribution in [2.24, 2.45) is 0 Å². The van der Waals surface area contributed by atoms with E-state index in [2.05, 4.69) is 14.9 Å². The van der Waals surface area contributed by atoms with Crippen molar-refractivity contribution >= 4 is 17.5 Å². The third-order valence-electron chi connectivity index (χ3n) is 2.82. The van der Waals surface area contributed by atoms with Gasteiger partial charge < -0.3 is 4.90 Å². The van der Waals surface area contributed by atoms with E-state index in [4.69, 9.17) is 11.6 Å². The highest BCUT2D eigenvalue weighted by atomic mass is 35.5. The quantitative estimate of drug-likeness (QED) is 0.805. The zero-order chi connectivity index (χ0) is 11.4. The number of aromatic amines is 1. The summed E-state index contributed by atoms with van der Waals surface area (Å²) in [4.78, 5) is 20.7. The van der Waals surface area contributed by atoms with Gasteiger partial charge in [0.25, 0.3) is 5.56 Å². The van der Waals surface area contributed by atoms with Crippen LogP contribution in [-0.4, -0.2) is 23.1 Å². The highest BCUT2D eigenvalue weighted by molar-refractivity contribution is 6.16. The fraction of sp³-hybridized carbons (Fsp3) is 0.636. The van der Waals surface area contributed by atoms with Crippen LogP contribution in [0.2, 0.25) is 0 Å². The highest BCUT2D eigenvalue weighted by Gasteiger charge is 2.12. The van der Waals surface area contributed by atoms with Gasteiger partial charge in [-0.15, -0.1) is 11.6 Å². The van der Waals surface area contributed by atoms with Crippen LogP contribution in [0.4, 0.5) is 5.95 Å². The fourth-order valence-electron chi connectivity index (χ4n) is 1.99. The molecular weight excluding hydrogens is 226 g/mol. The lowest BCUT2D eigenvalue weighted by Crippen LogP contribution is -2.28. The molecule has 1 aliphatic rings. The van der Waals surface area contributed by atoms with Gasteiger partial charge in [0.05, 0.1) is 11.6 Å². The van der Waals surface area contributed by atoms with Crippen molar-refractivity contribution in [2.45, 2.75) is 31.6 Å². The lowest BCUT2D eigenvalue weighted by molar-refractivity contribution is 0.726. The smallest absolute Gasteiger partial charge is 0.252 e. The van der Waals surface area contributed by atoms with Crippen LogP contribution in [0.15, 0.2) is 10.9 Å². The van der Waals surface area contributed by atoms with Gasteiger partial charge in [-0.2, -0.15) is 0 Å². The summed E-state index contributed by atoms with van der Waals surface area (Å²) >= 11 is 5.71. The number of hydrogen-bond donors (Lipinski definition) is 1. The van der Waals surface area contributed by atoms with Crippen molar-refractivity contribution in [1.82, 2.24) is 9.97 Å². The van der Waals surface area contributed by atoms with E-state index < -0.39 is 0 Å². The van der Waals surface area contributed by atoms with Gasteiger partial charge in [-0.3, -0.25) is 9.78 Å². The molecule has 1 aromatic heterocycles. The van der Waals surface area contributed by atoms with E-state index in [1.807, 2.05) is 0 Å². The molecule has 2 heterocycles. The Balaban J connectivity index is 2.23. The van der Waals surface area contributed by atoms with E-state index in [-0.39, 0.29) is 11.4 Å². The number of nitrogens with zero attached hydrogens (tertiary/aromatic N) is 2. The lowest BCUT2D eigenvalue weighted by atomic mass is 10.2. The van der Waals surface area contributed by atoms with E-state index in [0.717, 1.165) is 25.9 Å². The Hall–Kier alpha value is -1.03. The SMILES string of the molecule is O=c1cc(CCl)nc(N2CCCCCC2)[nH]1. The minimum Gasteiger partial charge on any atom is -0.342 e. The molecule has 4 nitrogen and oxygen atoms in total. The number of rotatable bonds is 2. The molecule has 5 heteroatoms. The molecule has 1 fully saturated rings. The summed E-state index contributed by atoms with van der Waals surface area (Å²) in [6, 6.07) is 1.45. The van der Waals surface area contributed by atoms with Gasteiger partial charge in [-0.1, -0.05) is 12.8 Å². The summed E-state index contributed by atoms with van der Waals surface area (Å²) in [5.74, 6) is 0.954. The summed E-state index contributed by atoms with van der Waals surface area (Å²) < 4.78 is 0. The monoisotopic (exact) mass is 241 g/mol. The van der Waals surface area contributed by atoms with Crippen LogP contribution in [0.25, 0.3) is 0 Å². The Morgan fingerprint density at radius 2 is 2.00 bits per heavy atom. The number of nitrogens with one attached hydrogen (secondary N) is 1. The molecule has 0 bridgehead atoms. The van der Waals surface area contributed by atoms with Crippen LogP contribution in [0.5, 0.6) is 0 Å². The van der Waals surface area contributed by atoms with Crippen LogP contribution in [0.1, 0.15) is 31.4 Å². The second-order valence-corrected chi connectivity index (χ2v) is 4.36. The van der Waals surface area contributed by atoms with Gasteiger partial charge in [0.15, 0.2) is 0 Å². The Bertz CT molecular complexity index is 396. The van der Waals surface area contributed by atoms with Crippen molar-refractivity contribution in [3.63, 3.8) is 0 Å². The Kier molecular flexibility index (Phi) is 3.83. The molecule has 88 valence electrons. The number of anilines is 1. The van der Waals surface area contributed by atoms with Crippen LogP contribution < -0.4 is 10.5 Å². The average Bonchev–Trinajstić information content (AvgIpc) is 2.56. The molecule has 1 N–H and O–H groups in total. The normalized spacial score (nSPS) is 17.2. The molecule has 0 aliphatic carbocycles. The standard InChI is InChI=1S/C11H16ClN3O/c12-8-9-7-10(16)14-11(13-9)15-5-3-1-2-4-6-15/h7H,1-6,8H2,(H,13,14,16). The van der Waals surface area contributed by atoms with E-state index in [0.29, 0.717) is 11.6 Å². The molecule has 1 saturated heterocycles. The first-order valence-electron chi connectivity index (χ1n) is 5.71. The maximum atomic E-state index is 11.4. The number of H-pyrrole nitrogens is 1. The molecule has 0 atom stereocenters. The molecule has 0 aromatic carbocycles. The Morgan fingerprint density at radius 1 is 1.31 bits per heavy atom. The maximum absolute atomic E-state index is 11.4. The molecule has 0 radical (unpaired) electrons. The molecule has 1 aliphatic heterocycles. The number of aromatic nitrogens is 2. The van der Waals surface area contributed by atoms with Gasteiger partial charge in [0.2, 0.25) is 5.95 Å². The molecule has 0 saturated carbocycles. The lowest BCUT2D eigenvalue weighted by Gasteiger charge is -2.20. The minimum absolute atomic E-state index is 0.120. The van der Waals surface area contributed by atoms with Crippen molar-refractivity contribution in [3.8, 4) is 0 Å². The first kappa shape index (κ1) is 11.5. The zero-order valence-corrected chi connectivity index (χ0v) is 9.96. The van der Waals surface area contributed by atoms with Crippen LogP contribution >= 0.6 is 11.6 Å². The topological polar surface area (TPSA) is 49.0 Å². The number of halogens is 1. The highest BCUT2D eigenvalue weighted by Crippen LogP contribution is 2.14. The molecule has 1 aromatic rings. The first-order valence-corrected chi connectivity index (χ1v) is 6.24. The summed E-state index contributed by atoms with van der Waals surface area (Å²) in [7, 11) is 0. The van der Waals surface area contributed by atoms with Crippen LogP contribution in [-0.2, 0) is 5.88 Å². The van der Waals surface area contributed by atoms with Gasteiger partial charge in [-0.25, -0.2) is 4.98 Å². The fourth-order valence-corrected chi connectivity index (χ4v) is 2.13. The van der Waals surface area contributed by atoms with Gasteiger partial charge in [0, 0.05) is 19.2 Å². The minimum atomic E-state index is -0.120. The third-order valence-corrected chi connectivity index (χ3v) is 3.10. The molecule has 16 heavy (non-hydrogen) atoms. The maximum Gasteiger partial charge on any atom is 0.252 e. The second kappa shape index (κ2) is 5.34. The zero-order valence-electron chi connectivity index (χ0n) is 9.21. The van der Waals surface area contributed by atoms with Crippen LogP contribution in [0.3, 0.4) is 0 Å². The second-order valence-electron chi connectivity index (χ2n) is 4.10. The molecule has 0 amide bonds. The third kappa shape index (κ3) is 2.76. The van der Waals surface area contributed by atoms with Crippen molar-refractivity contribution < 1.29 is 0 Å². The number of alkyl halides is 1. The summed E-state index contributed by atoms with van der Waals surface area (Å²) in [6.07, 6.45) is 4.84. The van der Waals surface area contributed by atoms with Gasteiger partial charge in [-0.05, 0) is 12.8 Å². The van der Waals surface area contributed by atoms with Gasteiger partial charge >= 0.3 is 0 Å². The number of hydrogen-bond acceptors (Lipinski definition) is 3. The van der Waals surface area contributed by atoms with Crippen LogP contribution in [0, 0.1) is 0 Å². The Morgan fingerprint density at radius 3 is 2.62 bits per heavy atom. The van der Waals surface area contributed by atoms with E-state index in [1.54, 1.807) is 0 Å². The summed E-state index contributed by atoms with van der Waals surface area (Å²) in [6.45, 7) is 1.93. The molecule has 0 spiro atoms. The van der Waals surface area contributed by atoms with E-state index in [9.17, 15) is 4.79 Å². The summed E-state index contributed by atoms with van der Waals surface area (Å²) in [5.41, 5.74) is 0.523. The van der Waals surface area contributed by atoms with E-state index >= 15 is 0 Å². The molecule has 0 unspecified atom stereocenters. The van der Waals surface area contributed by atoms with Crippen molar-refractivity contribution in [1.29, 1.82) is 0 Å². The van der Waals surface area contributed by atoms with Crippen molar-refractivity contribution in [3.05, 3.63) is 22.1 Å². The van der Waals surface area contributed by atoms with Gasteiger partial charge in [0.1, 0.15) is 0 Å². The molecular formula is C11H16ClN3O. The largest absolute Gasteiger partial charge is 0.342 e. The predicted molar refractivity (Wildman–Crippen MR) is 65.1 cm³/mol. The van der Waals surface area contributed by atoms with E-state index in [1.165, 1.54) is 18.9 Å². The average molecular weight is 242 g/mol. The first-order chi connectivity index (χ1) is 7.79. The molecule has 2 rings (SSSR count). The predicted octanol–water partition coefficient (Wildman–Crippen LogP) is 1.89. The Labute approximate surface area is 99.6 Å². The van der Waals surface area contributed by atoms with Crippen molar-refractivity contribution in [2.75, 3.05) is 18.0 Å².